The molecule has 0 aliphatic carbocycles. The molecule has 0 saturated heterocycles. The molecule has 0 N–H and O–H groups in total. The van der Waals surface area contributed by atoms with Gasteiger partial charge in [-0.15, -0.1) is 0 Å². The highest BCUT2D eigenvalue weighted by Crippen LogP contribution is 2.38. The van der Waals surface area contributed by atoms with Crippen molar-refractivity contribution in [3.63, 3.8) is 0 Å². The Morgan fingerprint density at radius 2 is 0.933 bits per heavy atom. The Bertz CT molecular complexity index is 2510. The Hall–Kier alpha value is -3.90. The van der Waals surface area contributed by atoms with Gasteiger partial charge in [-0.1, -0.05) is 103 Å². The van der Waals surface area contributed by atoms with E-state index >= 15 is 0 Å². The molecule has 0 spiro atoms. The Labute approximate surface area is 204 Å². The van der Waals surface area contributed by atoms with Crippen LogP contribution in [0.15, 0.2) is 121 Å². The maximum atomic E-state index is 9.36. The number of rotatable bonds is 2. The highest BCUT2D eigenvalue weighted by molar-refractivity contribution is 6.12. The molecular formula is C30H20. The van der Waals surface area contributed by atoms with Gasteiger partial charge in [0.1, 0.15) is 0 Å². The number of hydrogen-bond acceptors (Lipinski definition) is 0. The Balaban J connectivity index is 1.96. The Kier molecular flexibility index (Phi) is 1.44. The van der Waals surface area contributed by atoms with Crippen LogP contribution in [-0.4, -0.2) is 0 Å². The summed E-state index contributed by atoms with van der Waals surface area (Å²) in [4.78, 5) is 0. The van der Waals surface area contributed by atoms with E-state index in [2.05, 4.69) is 0 Å². The van der Waals surface area contributed by atoms with Crippen LogP contribution in [0.3, 0.4) is 0 Å². The molecule has 0 fully saturated rings. The van der Waals surface area contributed by atoms with Gasteiger partial charge in [0, 0.05) is 0 Å². The summed E-state index contributed by atoms with van der Waals surface area (Å²) in [6.07, 6.45) is 0. The molecule has 0 nitrogen and oxygen atoms in total. The fourth-order valence-corrected chi connectivity index (χ4v) is 3.19. The van der Waals surface area contributed by atoms with Gasteiger partial charge in [-0.3, -0.25) is 0 Å². The summed E-state index contributed by atoms with van der Waals surface area (Å²) in [5.41, 5.74) is -2.68. The third kappa shape index (κ3) is 2.77. The van der Waals surface area contributed by atoms with Crippen LogP contribution in [-0.2, 0) is 0 Å². The van der Waals surface area contributed by atoms with Crippen LogP contribution in [0.4, 0.5) is 0 Å². The van der Waals surface area contributed by atoms with Crippen LogP contribution in [0.5, 0.6) is 0 Å². The van der Waals surface area contributed by atoms with Crippen molar-refractivity contribution < 1.29 is 27.4 Å². The predicted octanol–water partition coefficient (Wildman–Crippen LogP) is 8.48. The van der Waals surface area contributed by atoms with E-state index in [1.54, 1.807) is 0 Å². The van der Waals surface area contributed by atoms with Crippen molar-refractivity contribution in [1.29, 1.82) is 0 Å². The summed E-state index contributed by atoms with van der Waals surface area (Å²) in [7, 11) is 0. The van der Waals surface area contributed by atoms with Gasteiger partial charge in [-0.2, -0.15) is 0 Å². The lowest BCUT2D eigenvalue weighted by Gasteiger charge is -2.13. The average Bonchev–Trinajstić information content (AvgIpc) is 3.08. The van der Waals surface area contributed by atoms with Crippen LogP contribution in [0.25, 0.3) is 54.6 Å². The highest BCUT2D eigenvalue weighted by atomic mass is 14.1. The van der Waals surface area contributed by atoms with Gasteiger partial charge in [0.15, 0.2) is 0 Å². The molecule has 0 heteroatoms. The average molecular weight is 401 g/mol. The largest absolute Gasteiger partial charge is 0.0636 e. The lowest BCUT2D eigenvalue weighted by atomic mass is 9.90. The SMILES string of the molecule is [2H]c1c([2H])c(-c2c([2H])c([2H])c3c([2H])c([2H])c([2H])c([2H])c3c2[2H])c([2H])c(-c2c3c([2H])c([2H])c([2H])c([2H])c3c([2H])c3c([2H])c([2H])c([2H])c([2H])c23)c1[2H]. The molecule has 6 aromatic rings. The predicted molar refractivity (Wildman–Crippen MR) is 130 cm³/mol. The lowest BCUT2D eigenvalue weighted by molar-refractivity contribution is 1.63. The molecule has 0 radical (unpaired) electrons. The van der Waals surface area contributed by atoms with E-state index in [1.807, 2.05) is 0 Å². The smallest absolute Gasteiger partial charge is 0.0616 e. The van der Waals surface area contributed by atoms with Crippen molar-refractivity contribution in [2.45, 2.75) is 0 Å². The minimum Gasteiger partial charge on any atom is -0.0616 e. The molecule has 0 bridgehead atoms. The lowest BCUT2D eigenvalue weighted by Crippen LogP contribution is -1.87. The normalized spacial score (nSPS) is 20.7. The fraction of sp³-hybridized carbons (Fsp3) is 0. The highest BCUT2D eigenvalue weighted by Gasteiger charge is 2.10. The molecular weight excluding hydrogens is 360 g/mol. The van der Waals surface area contributed by atoms with Crippen molar-refractivity contribution in [2.24, 2.45) is 0 Å². The molecule has 0 atom stereocenters. The minimum atomic E-state index is -0.940. The first-order valence-electron chi connectivity index (χ1n) is 18.8. The zero-order chi connectivity index (χ0) is 37.3. The summed E-state index contributed by atoms with van der Waals surface area (Å²) in [5.74, 6) is 0. The van der Waals surface area contributed by atoms with Crippen molar-refractivity contribution in [3.05, 3.63) is 121 Å². The van der Waals surface area contributed by atoms with Crippen molar-refractivity contribution in [3.8, 4) is 22.3 Å². The third-order valence-electron chi connectivity index (χ3n) is 4.50. The maximum Gasteiger partial charge on any atom is 0.0636 e. The second kappa shape index (κ2) is 6.86. The van der Waals surface area contributed by atoms with Crippen LogP contribution >= 0.6 is 0 Å². The van der Waals surface area contributed by atoms with Crippen molar-refractivity contribution in [2.75, 3.05) is 0 Å². The van der Waals surface area contributed by atoms with Gasteiger partial charge in [-0.05, 0) is 72.7 Å². The van der Waals surface area contributed by atoms with Crippen LogP contribution in [0, 0.1) is 0 Å². The van der Waals surface area contributed by atoms with E-state index in [1.165, 1.54) is 0 Å². The first-order chi connectivity index (χ1) is 23.2. The molecule has 30 heavy (non-hydrogen) atoms. The quantitative estimate of drug-likeness (QED) is 0.256. The molecule has 0 aliphatic rings. The summed E-state index contributed by atoms with van der Waals surface area (Å²) < 4.78 is 172. The monoisotopic (exact) mass is 400 g/mol. The van der Waals surface area contributed by atoms with E-state index in [-0.39, 0.29) is 0 Å². The first-order valence-corrected chi connectivity index (χ1v) is 8.75. The van der Waals surface area contributed by atoms with Gasteiger partial charge < -0.3 is 0 Å². The second-order valence-electron chi connectivity index (χ2n) is 6.25. The zero-order valence-corrected chi connectivity index (χ0v) is 15.0. The minimum absolute atomic E-state index is 0.480. The van der Waals surface area contributed by atoms with Crippen molar-refractivity contribution in [1.82, 2.24) is 0 Å². The van der Waals surface area contributed by atoms with Crippen LogP contribution in [0.2, 0.25) is 0 Å². The maximum absolute atomic E-state index is 9.36. The Morgan fingerprint density at radius 1 is 0.367 bits per heavy atom. The third-order valence-corrected chi connectivity index (χ3v) is 4.50. The second-order valence-corrected chi connectivity index (χ2v) is 6.25. The van der Waals surface area contributed by atoms with Gasteiger partial charge in [0.2, 0.25) is 0 Å². The molecule has 0 heterocycles. The van der Waals surface area contributed by atoms with E-state index < -0.39 is 175 Å². The topological polar surface area (TPSA) is 0 Å². The number of benzene rings is 6. The zero-order valence-electron chi connectivity index (χ0n) is 35.0. The summed E-state index contributed by atoms with van der Waals surface area (Å²) in [6.45, 7) is 0. The molecule has 0 aliphatic heterocycles. The number of hydrogen-bond donors (Lipinski definition) is 0. The van der Waals surface area contributed by atoms with Gasteiger partial charge in [0.05, 0.1) is 27.4 Å². The molecule has 140 valence electrons. The van der Waals surface area contributed by atoms with Gasteiger partial charge in [0.25, 0.3) is 0 Å². The fourth-order valence-electron chi connectivity index (χ4n) is 3.19. The van der Waals surface area contributed by atoms with Crippen LogP contribution in [0.1, 0.15) is 27.4 Å². The molecule has 6 aromatic carbocycles. The first kappa shape index (κ1) is 6.30. The Morgan fingerprint density at radius 3 is 1.67 bits per heavy atom. The summed E-state index contributed by atoms with van der Waals surface area (Å²) in [6, 6.07) is -16.2. The van der Waals surface area contributed by atoms with E-state index in [9.17, 15) is 1.37 Å². The van der Waals surface area contributed by atoms with Gasteiger partial charge in [-0.25, -0.2) is 0 Å². The van der Waals surface area contributed by atoms with E-state index in [0.717, 1.165) is 0 Å². The molecule has 0 saturated carbocycles. The number of fused-ring (bicyclic) bond motifs is 3. The molecule has 0 amide bonds. The van der Waals surface area contributed by atoms with Gasteiger partial charge >= 0.3 is 0 Å². The molecule has 0 unspecified atom stereocenters. The standard InChI is InChI=1S/C30H20/c1-2-9-22-18-24(17-16-21(22)8-1)23-12-7-13-27(19-23)30-28-14-5-3-10-25(28)20-26-11-4-6-15-29(26)30/h1-20H/i1D,2D,3D,4D,5D,6D,7D,8D,9D,10D,11D,12D,13D,14D,15D,16D,17D,18D,19D,20D. The van der Waals surface area contributed by atoms with Crippen LogP contribution < -0.4 is 0 Å². The molecule has 0 aromatic heterocycles. The molecule has 6 rings (SSSR count). The summed E-state index contributed by atoms with van der Waals surface area (Å²) >= 11 is 0. The van der Waals surface area contributed by atoms with E-state index in [4.69, 9.17) is 26.0 Å². The summed E-state index contributed by atoms with van der Waals surface area (Å²) in [5, 5.41) is -3.12. The van der Waals surface area contributed by atoms with E-state index in [0.29, 0.717) is 0 Å². The van der Waals surface area contributed by atoms with Crippen molar-refractivity contribution >= 4 is 32.3 Å².